The Hall–Kier alpha value is -1.78. The van der Waals surface area contributed by atoms with Crippen LogP contribution in [0, 0.1) is 0 Å². The standard InChI is InChI=1S/C12H19N3O2/c1-5-6-13-12(16)10(4)17-11-7-14-15(8-11)9(2)3/h5,7-10H,1,6H2,2-4H3,(H,13,16). The zero-order valence-corrected chi connectivity index (χ0v) is 10.5. The van der Waals surface area contributed by atoms with Crippen LogP contribution in [0.5, 0.6) is 5.75 Å². The molecule has 1 amide bonds. The van der Waals surface area contributed by atoms with Crippen molar-refractivity contribution in [3.05, 3.63) is 25.0 Å². The van der Waals surface area contributed by atoms with Crippen LogP contribution in [0.15, 0.2) is 25.0 Å². The Labute approximate surface area is 101 Å². The molecule has 5 heteroatoms. The van der Waals surface area contributed by atoms with E-state index in [4.69, 9.17) is 4.74 Å². The van der Waals surface area contributed by atoms with Crippen LogP contribution >= 0.6 is 0 Å². The van der Waals surface area contributed by atoms with E-state index in [9.17, 15) is 4.79 Å². The van der Waals surface area contributed by atoms with Gasteiger partial charge in [0.05, 0.1) is 12.4 Å². The largest absolute Gasteiger partial charge is 0.478 e. The van der Waals surface area contributed by atoms with E-state index in [-0.39, 0.29) is 11.9 Å². The predicted octanol–water partition coefficient (Wildman–Crippen LogP) is 1.53. The third-order valence-electron chi connectivity index (χ3n) is 2.21. The molecule has 0 aromatic carbocycles. The highest BCUT2D eigenvalue weighted by Gasteiger charge is 2.14. The van der Waals surface area contributed by atoms with Crippen molar-refractivity contribution in [3.63, 3.8) is 0 Å². The molecular formula is C12H19N3O2. The van der Waals surface area contributed by atoms with Gasteiger partial charge in [-0.3, -0.25) is 9.48 Å². The van der Waals surface area contributed by atoms with Crippen molar-refractivity contribution in [1.29, 1.82) is 0 Å². The van der Waals surface area contributed by atoms with Gasteiger partial charge in [-0.25, -0.2) is 0 Å². The van der Waals surface area contributed by atoms with Crippen molar-refractivity contribution in [3.8, 4) is 5.75 Å². The number of aromatic nitrogens is 2. The van der Waals surface area contributed by atoms with Gasteiger partial charge in [-0.15, -0.1) is 6.58 Å². The molecule has 1 heterocycles. The molecule has 0 bridgehead atoms. The maximum Gasteiger partial charge on any atom is 0.261 e. The molecule has 94 valence electrons. The highest BCUT2D eigenvalue weighted by molar-refractivity contribution is 5.80. The molecular weight excluding hydrogens is 218 g/mol. The number of amides is 1. The Kier molecular flexibility index (Phi) is 4.75. The first-order valence-corrected chi connectivity index (χ1v) is 5.64. The van der Waals surface area contributed by atoms with Gasteiger partial charge in [0.1, 0.15) is 0 Å². The molecule has 1 N–H and O–H groups in total. The Bertz CT molecular complexity index is 385. The molecule has 1 rings (SSSR count). The summed E-state index contributed by atoms with van der Waals surface area (Å²) in [5.74, 6) is 0.433. The molecule has 0 saturated heterocycles. The Morgan fingerprint density at radius 2 is 2.35 bits per heavy atom. The predicted molar refractivity (Wildman–Crippen MR) is 65.9 cm³/mol. The second-order valence-electron chi connectivity index (χ2n) is 4.04. The van der Waals surface area contributed by atoms with E-state index in [1.807, 2.05) is 13.8 Å². The molecule has 0 radical (unpaired) electrons. The second kappa shape index (κ2) is 6.08. The van der Waals surface area contributed by atoms with Crippen LogP contribution < -0.4 is 10.1 Å². The quantitative estimate of drug-likeness (QED) is 0.763. The van der Waals surface area contributed by atoms with E-state index in [0.717, 1.165) is 0 Å². The summed E-state index contributed by atoms with van der Waals surface area (Å²) < 4.78 is 7.26. The van der Waals surface area contributed by atoms with Crippen molar-refractivity contribution < 1.29 is 9.53 Å². The van der Waals surface area contributed by atoms with E-state index in [0.29, 0.717) is 12.3 Å². The van der Waals surface area contributed by atoms with Gasteiger partial charge in [-0.05, 0) is 20.8 Å². The molecule has 1 atom stereocenters. The lowest BCUT2D eigenvalue weighted by Crippen LogP contribution is -2.36. The molecule has 1 unspecified atom stereocenters. The fraction of sp³-hybridized carbons (Fsp3) is 0.500. The van der Waals surface area contributed by atoms with Crippen molar-refractivity contribution in [2.75, 3.05) is 6.54 Å². The van der Waals surface area contributed by atoms with Crippen LogP contribution in [0.2, 0.25) is 0 Å². The van der Waals surface area contributed by atoms with Gasteiger partial charge >= 0.3 is 0 Å². The lowest BCUT2D eigenvalue weighted by Gasteiger charge is -2.12. The summed E-state index contributed by atoms with van der Waals surface area (Å²) >= 11 is 0. The molecule has 0 saturated carbocycles. The van der Waals surface area contributed by atoms with Gasteiger partial charge in [0, 0.05) is 12.6 Å². The molecule has 1 aromatic rings. The van der Waals surface area contributed by atoms with Crippen molar-refractivity contribution in [2.24, 2.45) is 0 Å². The van der Waals surface area contributed by atoms with Crippen molar-refractivity contribution >= 4 is 5.91 Å². The summed E-state index contributed by atoms with van der Waals surface area (Å²) in [6.07, 6.45) is 4.47. The maximum atomic E-state index is 11.5. The third-order valence-corrected chi connectivity index (χ3v) is 2.21. The monoisotopic (exact) mass is 237 g/mol. The van der Waals surface area contributed by atoms with Gasteiger partial charge < -0.3 is 10.1 Å². The minimum Gasteiger partial charge on any atom is -0.478 e. The molecule has 1 aromatic heterocycles. The number of carbonyl (C=O) groups excluding carboxylic acids is 1. The van der Waals surface area contributed by atoms with Gasteiger partial charge in [-0.2, -0.15) is 5.10 Å². The summed E-state index contributed by atoms with van der Waals surface area (Å²) in [5.41, 5.74) is 0. The number of ether oxygens (including phenoxy) is 1. The first-order chi connectivity index (χ1) is 8.04. The van der Waals surface area contributed by atoms with E-state index in [2.05, 4.69) is 17.0 Å². The lowest BCUT2D eigenvalue weighted by atomic mass is 10.3. The molecule has 0 fully saturated rings. The average molecular weight is 237 g/mol. The highest BCUT2D eigenvalue weighted by Crippen LogP contribution is 2.13. The van der Waals surface area contributed by atoms with Gasteiger partial charge in [0.2, 0.25) is 0 Å². The highest BCUT2D eigenvalue weighted by atomic mass is 16.5. The normalized spacial score (nSPS) is 12.2. The van der Waals surface area contributed by atoms with E-state index in [1.54, 1.807) is 30.1 Å². The number of hydrogen-bond acceptors (Lipinski definition) is 3. The average Bonchev–Trinajstić information content (AvgIpc) is 2.74. The minimum absolute atomic E-state index is 0.165. The van der Waals surface area contributed by atoms with Crippen LogP contribution in [0.25, 0.3) is 0 Å². The van der Waals surface area contributed by atoms with Crippen LogP contribution in [0.1, 0.15) is 26.8 Å². The summed E-state index contributed by atoms with van der Waals surface area (Å²) in [7, 11) is 0. The maximum absolute atomic E-state index is 11.5. The van der Waals surface area contributed by atoms with Crippen molar-refractivity contribution in [1.82, 2.24) is 15.1 Å². The van der Waals surface area contributed by atoms with Gasteiger partial charge in [0.25, 0.3) is 5.91 Å². The number of rotatable bonds is 6. The van der Waals surface area contributed by atoms with Gasteiger partial charge in [0.15, 0.2) is 11.9 Å². The fourth-order valence-electron chi connectivity index (χ4n) is 1.24. The summed E-state index contributed by atoms with van der Waals surface area (Å²) in [6.45, 7) is 9.72. The minimum atomic E-state index is -0.542. The number of carbonyl (C=O) groups is 1. The number of nitrogens with one attached hydrogen (secondary N) is 1. The van der Waals surface area contributed by atoms with Crippen LogP contribution in [-0.2, 0) is 4.79 Å². The first-order valence-electron chi connectivity index (χ1n) is 5.64. The SMILES string of the molecule is C=CCNC(=O)C(C)Oc1cnn(C(C)C)c1. The van der Waals surface area contributed by atoms with Crippen LogP contribution in [0.4, 0.5) is 0 Å². The topological polar surface area (TPSA) is 56.1 Å². The molecule has 0 aliphatic heterocycles. The zero-order chi connectivity index (χ0) is 12.8. The van der Waals surface area contributed by atoms with Crippen LogP contribution in [0.3, 0.4) is 0 Å². The molecule has 0 aliphatic rings. The Balaban J connectivity index is 2.52. The van der Waals surface area contributed by atoms with Gasteiger partial charge in [-0.1, -0.05) is 6.08 Å². The smallest absolute Gasteiger partial charge is 0.261 e. The number of nitrogens with zero attached hydrogens (tertiary/aromatic N) is 2. The van der Waals surface area contributed by atoms with E-state index < -0.39 is 6.10 Å². The number of hydrogen-bond donors (Lipinski definition) is 1. The fourth-order valence-corrected chi connectivity index (χ4v) is 1.24. The third kappa shape index (κ3) is 3.94. The first kappa shape index (κ1) is 13.3. The van der Waals surface area contributed by atoms with E-state index >= 15 is 0 Å². The Morgan fingerprint density at radius 1 is 1.65 bits per heavy atom. The molecule has 0 spiro atoms. The second-order valence-corrected chi connectivity index (χ2v) is 4.04. The molecule has 0 aliphatic carbocycles. The summed E-state index contributed by atoms with van der Waals surface area (Å²) in [4.78, 5) is 11.5. The summed E-state index contributed by atoms with van der Waals surface area (Å²) in [5, 5.41) is 6.81. The molecule has 17 heavy (non-hydrogen) atoms. The van der Waals surface area contributed by atoms with Crippen LogP contribution in [-0.4, -0.2) is 28.3 Å². The summed E-state index contributed by atoms with van der Waals surface area (Å²) in [6, 6.07) is 0.275. The lowest BCUT2D eigenvalue weighted by molar-refractivity contribution is -0.127. The zero-order valence-electron chi connectivity index (χ0n) is 10.5. The van der Waals surface area contributed by atoms with E-state index in [1.165, 1.54) is 0 Å². The molecule has 5 nitrogen and oxygen atoms in total. The Morgan fingerprint density at radius 3 is 2.88 bits per heavy atom. The van der Waals surface area contributed by atoms with Crippen molar-refractivity contribution in [2.45, 2.75) is 32.9 Å².